The van der Waals surface area contributed by atoms with Crippen LogP contribution in [0, 0.1) is 0 Å². The van der Waals surface area contributed by atoms with Crippen LogP contribution in [0.2, 0.25) is 0 Å². The Balaban J connectivity index is 1.96. The predicted octanol–water partition coefficient (Wildman–Crippen LogP) is 3.20. The van der Waals surface area contributed by atoms with Crippen molar-refractivity contribution in [2.45, 2.75) is 64.1 Å². The van der Waals surface area contributed by atoms with Crippen LogP contribution in [0.25, 0.3) is 0 Å². The second-order valence-corrected chi connectivity index (χ2v) is 7.53. The largest absolute Gasteiger partial charge is 0.356 e. The van der Waals surface area contributed by atoms with Crippen molar-refractivity contribution in [1.29, 1.82) is 0 Å². The molecule has 0 radical (unpaired) electrons. The minimum atomic E-state index is 0.165. The van der Waals surface area contributed by atoms with E-state index < -0.39 is 0 Å². The third-order valence-electron chi connectivity index (χ3n) is 4.05. The molecule has 0 atom stereocenters. The number of carbonyl (C=O) groups excluding carboxylic acids is 1. The van der Waals surface area contributed by atoms with Crippen LogP contribution in [-0.2, 0) is 4.79 Å². The van der Waals surface area contributed by atoms with Gasteiger partial charge in [0.25, 0.3) is 0 Å². The molecule has 1 aromatic rings. The lowest BCUT2D eigenvalue weighted by molar-refractivity contribution is -0.131. The molecule has 1 fully saturated rings. The van der Waals surface area contributed by atoms with Gasteiger partial charge in [-0.15, -0.1) is 0 Å². The van der Waals surface area contributed by atoms with Crippen LogP contribution in [-0.4, -0.2) is 51.7 Å². The Morgan fingerprint density at radius 3 is 2.43 bits per heavy atom. The van der Waals surface area contributed by atoms with Gasteiger partial charge in [0, 0.05) is 31.2 Å². The summed E-state index contributed by atoms with van der Waals surface area (Å²) in [4.78, 5) is 25.4. The number of rotatable bonds is 6. The Hall–Kier alpha value is -1.30. The van der Waals surface area contributed by atoms with E-state index in [0.29, 0.717) is 5.75 Å². The van der Waals surface area contributed by atoms with Crippen molar-refractivity contribution in [3.63, 3.8) is 0 Å². The van der Waals surface area contributed by atoms with Gasteiger partial charge in [0.2, 0.25) is 5.91 Å². The van der Waals surface area contributed by atoms with E-state index in [9.17, 15) is 4.79 Å². The second-order valence-electron chi connectivity index (χ2n) is 6.54. The van der Waals surface area contributed by atoms with Gasteiger partial charge in [0.1, 0.15) is 17.2 Å². The lowest BCUT2D eigenvalue weighted by Crippen LogP contribution is -2.43. The fraction of sp³-hybridized carbons (Fsp3) is 0.706. The molecule has 1 saturated heterocycles. The maximum absolute atomic E-state index is 12.4. The molecule has 6 heteroatoms. The first-order chi connectivity index (χ1) is 11.0. The van der Waals surface area contributed by atoms with Crippen molar-refractivity contribution in [2.75, 3.05) is 23.7 Å². The van der Waals surface area contributed by atoms with Gasteiger partial charge in [-0.1, -0.05) is 11.8 Å². The average Bonchev–Trinajstić information content (AvgIpc) is 2.53. The number of anilines is 1. The number of hydrogen-bond acceptors (Lipinski definition) is 5. The van der Waals surface area contributed by atoms with Crippen molar-refractivity contribution >= 4 is 23.5 Å². The van der Waals surface area contributed by atoms with Crippen LogP contribution in [0.4, 0.5) is 5.82 Å². The van der Waals surface area contributed by atoms with E-state index in [4.69, 9.17) is 0 Å². The smallest absolute Gasteiger partial charge is 0.233 e. The molecule has 0 spiro atoms. The van der Waals surface area contributed by atoms with Crippen LogP contribution in [0.5, 0.6) is 0 Å². The van der Waals surface area contributed by atoms with E-state index in [1.54, 1.807) is 6.33 Å². The first-order valence-corrected chi connectivity index (χ1v) is 9.48. The molecule has 0 aliphatic carbocycles. The molecule has 0 aromatic carbocycles. The van der Waals surface area contributed by atoms with Crippen LogP contribution in [0.15, 0.2) is 17.4 Å². The van der Waals surface area contributed by atoms with Gasteiger partial charge in [-0.05, 0) is 47.0 Å². The van der Waals surface area contributed by atoms with Crippen molar-refractivity contribution in [2.24, 2.45) is 0 Å². The third kappa shape index (κ3) is 5.09. The van der Waals surface area contributed by atoms with Gasteiger partial charge >= 0.3 is 0 Å². The number of carbonyl (C=O) groups is 1. The Bertz CT molecular complexity index is 507. The van der Waals surface area contributed by atoms with E-state index in [1.807, 2.05) is 11.0 Å². The summed E-state index contributed by atoms with van der Waals surface area (Å²) in [5.41, 5.74) is 0. The quantitative estimate of drug-likeness (QED) is 0.590. The van der Waals surface area contributed by atoms with Gasteiger partial charge < -0.3 is 9.80 Å². The Morgan fingerprint density at radius 1 is 1.17 bits per heavy atom. The molecule has 0 bridgehead atoms. The van der Waals surface area contributed by atoms with Crippen LogP contribution in [0.1, 0.15) is 47.0 Å². The van der Waals surface area contributed by atoms with Gasteiger partial charge in [0.05, 0.1) is 5.75 Å². The summed E-state index contributed by atoms with van der Waals surface area (Å²) in [6, 6.07) is 2.45. The molecule has 1 amide bonds. The van der Waals surface area contributed by atoms with Gasteiger partial charge in [-0.2, -0.15) is 0 Å². The van der Waals surface area contributed by atoms with Gasteiger partial charge in [0.15, 0.2) is 0 Å². The minimum absolute atomic E-state index is 0.165. The number of aromatic nitrogens is 2. The Morgan fingerprint density at radius 2 is 1.83 bits per heavy atom. The maximum Gasteiger partial charge on any atom is 0.233 e. The van der Waals surface area contributed by atoms with Crippen molar-refractivity contribution in [3.8, 4) is 0 Å². The number of piperidine rings is 1. The molecule has 0 unspecified atom stereocenters. The summed E-state index contributed by atoms with van der Waals surface area (Å²) in [7, 11) is 0. The second kappa shape index (κ2) is 8.52. The van der Waals surface area contributed by atoms with Crippen LogP contribution < -0.4 is 4.90 Å². The molecule has 23 heavy (non-hydrogen) atoms. The van der Waals surface area contributed by atoms with Crippen LogP contribution in [0.3, 0.4) is 0 Å². The molecule has 1 aliphatic rings. The zero-order chi connectivity index (χ0) is 16.8. The Labute approximate surface area is 143 Å². The first kappa shape index (κ1) is 18.0. The summed E-state index contributed by atoms with van der Waals surface area (Å²) in [6.07, 6.45) is 5.36. The third-order valence-corrected chi connectivity index (χ3v) is 4.96. The zero-order valence-electron chi connectivity index (χ0n) is 14.7. The maximum atomic E-state index is 12.4. The summed E-state index contributed by atoms with van der Waals surface area (Å²) >= 11 is 1.50. The summed E-state index contributed by atoms with van der Waals surface area (Å²) in [6.45, 7) is 10.4. The van der Waals surface area contributed by atoms with Crippen molar-refractivity contribution in [3.05, 3.63) is 12.4 Å². The molecule has 1 aliphatic heterocycles. The SMILES string of the molecule is CC(C)N(C(=O)CSc1cc(N2CCCCC2)ncn1)C(C)C. The highest BCUT2D eigenvalue weighted by Gasteiger charge is 2.20. The highest BCUT2D eigenvalue weighted by atomic mass is 32.2. The highest BCUT2D eigenvalue weighted by molar-refractivity contribution is 7.99. The topological polar surface area (TPSA) is 49.3 Å². The van der Waals surface area contributed by atoms with E-state index >= 15 is 0 Å². The molecule has 1 aromatic heterocycles. The fourth-order valence-corrected chi connectivity index (χ4v) is 3.82. The van der Waals surface area contributed by atoms with Crippen molar-refractivity contribution < 1.29 is 4.79 Å². The minimum Gasteiger partial charge on any atom is -0.356 e. The zero-order valence-corrected chi connectivity index (χ0v) is 15.5. The summed E-state index contributed by atoms with van der Waals surface area (Å²) in [5.74, 6) is 1.57. The molecule has 128 valence electrons. The summed E-state index contributed by atoms with van der Waals surface area (Å²) in [5, 5.41) is 0.876. The number of nitrogens with zero attached hydrogens (tertiary/aromatic N) is 4. The number of amides is 1. The molecule has 2 rings (SSSR count). The molecule has 0 N–H and O–H groups in total. The average molecular weight is 337 g/mol. The normalized spacial score (nSPS) is 15.3. The summed E-state index contributed by atoms with van der Waals surface area (Å²) < 4.78 is 0. The van der Waals surface area contributed by atoms with E-state index in [0.717, 1.165) is 23.9 Å². The molecule has 0 saturated carbocycles. The standard InChI is InChI=1S/C17H28N4OS/c1-13(2)21(14(3)4)17(22)11-23-16-10-15(18-12-19-16)20-8-6-5-7-9-20/h10,12-14H,5-9,11H2,1-4H3. The van der Waals surface area contributed by atoms with E-state index in [2.05, 4.69) is 42.6 Å². The molecular formula is C17H28N4OS. The monoisotopic (exact) mass is 336 g/mol. The van der Waals surface area contributed by atoms with E-state index in [1.165, 1.54) is 31.0 Å². The fourth-order valence-electron chi connectivity index (χ4n) is 3.09. The first-order valence-electron chi connectivity index (χ1n) is 8.50. The van der Waals surface area contributed by atoms with Gasteiger partial charge in [-0.3, -0.25) is 4.79 Å². The Kier molecular flexibility index (Phi) is 6.69. The van der Waals surface area contributed by atoms with E-state index in [-0.39, 0.29) is 18.0 Å². The van der Waals surface area contributed by atoms with Crippen LogP contribution >= 0.6 is 11.8 Å². The lowest BCUT2D eigenvalue weighted by atomic mass is 10.1. The molecular weight excluding hydrogens is 308 g/mol. The molecule has 5 nitrogen and oxygen atoms in total. The number of thioether (sulfide) groups is 1. The van der Waals surface area contributed by atoms with Crippen molar-refractivity contribution in [1.82, 2.24) is 14.9 Å². The lowest BCUT2D eigenvalue weighted by Gasteiger charge is -2.30. The highest BCUT2D eigenvalue weighted by Crippen LogP contribution is 2.23. The number of hydrogen-bond donors (Lipinski definition) is 0. The molecule has 2 heterocycles. The predicted molar refractivity (Wildman–Crippen MR) is 95.9 cm³/mol. The van der Waals surface area contributed by atoms with Gasteiger partial charge in [-0.25, -0.2) is 9.97 Å².